The summed E-state index contributed by atoms with van der Waals surface area (Å²) in [5.41, 5.74) is 0. The third kappa shape index (κ3) is 2.73. The van der Waals surface area contributed by atoms with Crippen LogP contribution in [0, 0.1) is 11.8 Å². The normalized spacial score (nSPS) is 36.7. The van der Waals surface area contributed by atoms with E-state index in [0.717, 1.165) is 32.4 Å². The van der Waals surface area contributed by atoms with Crippen LogP contribution in [0.5, 0.6) is 0 Å². The molecule has 18 heavy (non-hydrogen) atoms. The molecule has 4 nitrogen and oxygen atoms in total. The van der Waals surface area contributed by atoms with Gasteiger partial charge in [0, 0.05) is 12.6 Å². The Balaban J connectivity index is 2.17. The summed E-state index contributed by atoms with van der Waals surface area (Å²) in [5, 5.41) is 3.07. The fourth-order valence-corrected chi connectivity index (χ4v) is 5.63. The molecule has 0 radical (unpaired) electrons. The Morgan fingerprint density at radius 3 is 2.33 bits per heavy atom. The Kier molecular flexibility index (Phi) is 4.34. The summed E-state index contributed by atoms with van der Waals surface area (Å²) < 4.78 is 27.3. The van der Waals surface area contributed by atoms with Crippen LogP contribution in [0.15, 0.2) is 0 Å². The van der Waals surface area contributed by atoms with Gasteiger partial charge in [-0.3, -0.25) is 0 Å². The van der Waals surface area contributed by atoms with Crippen molar-refractivity contribution in [2.24, 2.45) is 11.8 Å². The van der Waals surface area contributed by atoms with Gasteiger partial charge in [0.25, 0.3) is 0 Å². The number of sulfonamides is 1. The molecular weight excluding hydrogens is 248 g/mol. The topological polar surface area (TPSA) is 49.4 Å². The maximum Gasteiger partial charge on any atom is 0.217 e. The standard InChI is InChI=1S/C13H26N2O2S/c1-10-8-11(2)12(3)15(9-10)18(16,17)13-4-6-14-7-5-13/h10-14H,4-9H2,1-3H3. The second-order valence-electron chi connectivity index (χ2n) is 6.12. The van der Waals surface area contributed by atoms with Gasteiger partial charge in [0.1, 0.15) is 0 Å². The molecule has 0 amide bonds. The van der Waals surface area contributed by atoms with E-state index in [-0.39, 0.29) is 11.3 Å². The van der Waals surface area contributed by atoms with Crippen LogP contribution in [0.2, 0.25) is 0 Å². The van der Waals surface area contributed by atoms with Crippen LogP contribution in [-0.2, 0) is 10.0 Å². The van der Waals surface area contributed by atoms with Gasteiger partial charge in [0.15, 0.2) is 0 Å². The van der Waals surface area contributed by atoms with Gasteiger partial charge in [-0.25, -0.2) is 8.42 Å². The Morgan fingerprint density at radius 2 is 1.72 bits per heavy atom. The van der Waals surface area contributed by atoms with Gasteiger partial charge < -0.3 is 5.32 Å². The molecule has 0 aromatic rings. The van der Waals surface area contributed by atoms with Gasteiger partial charge in [-0.2, -0.15) is 4.31 Å². The highest BCUT2D eigenvalue weighted by atomic mass is 32.2. The second-order valence-corrected chi connectivity index (χ2v) is 8.29. The summed E-state index contributed by atoms with van der Waals surface area (Å²) in [5.74, 6) is 0.943. The highest BCUT2D eigenvalue weighted by molar-refractivity contribution is 7.89. The zero-order chi connectivity index (χ0) is 13.3. The Labute approximate surface area is 111 Å². The first-order valence-corrected chi connectivity index (χ1v) is 8.64. The first-order chi connectivity index (χ1) is 8.43. The van der Waals surface area contributed by atoms with E-state index in [4.69, 9.17) is 0 Å². The molecule has 0 saturated carbocycles. The molecule has 2 aliphatic rings. The minimum Gasteiger partial charge on any atom is -0.317 e. The average Bonchev–Trinajstić information content (AvgIpc) is 2.34. The largest absolute Gasteiger partial charge is 0.317 e. The molecule has 0 spiro atoms. The number of nitrogens with one attached hydrogen (secondary N) is 1. The molecule has 2 saturated heterocycles. The van der Waals surface area contributed by atoms with Gasteiger partial charge >= 0.3 is 0 Å². The third-order valence-corrected chi connectivity index (χ3v) is 7.03. The lowest BCUT2D eigenvalue weighted by molar-refractivity contribution is 0.155. The Bertz CT molecular complexity index is 376. The summed E-state index contributed by atoms with van der Waals surface area (Å²) in [6, 6.07) is 0.154. The molecule has 0 aromatic heterocycles. The molecule has 1 N–H and O–H groups in total. The summed E-state index contributed by atoms with van der Waals surface area (Å²) in [6.07, 6.45) is 2.65. The van der Waals surface area contributed by atoms with Crippen LogP contribution in [0.4, 0.5) is 0 Å². The van der Waals surface area contributed by atoms with E-state index in [1.165, 1.54) is 0 Å². The molecule has 3 atom stereocenters. The van der Waals surface area contributed by atoms with Crippen molar-refractivity contribution in [3.63, 3.8) is 0 Å². The lowest BCUT2D eigenvalue weighted by Crippen LogP contribution is -2.53. The minimum absolute atomic E-state index is 0.154. The van der Waals surface area contributed by atoms with E-state index in [1.807, 2.05) is 0 Å². The highest BCUT2D eigenvalue weighted by Gasteiger charge is 2.40. The molecule has 106 valence electrons. The van der Waals surface area contributed by atoms with E-state index in [2.05, 4.69) is 26.1 Å². The highest BCUT2D eigenvalue weighted by Crippen LogP contribution is 2.31. The maximum absolute atomic E-state index is 12.7. The minimum atomic E-state index is -3.11. The van der Waals surface area contributed by atoms with Crippen molar-refractivity contribution >= 4 is 10.0 Å². The SMILES string of the molecule is CC1CC(C)C(C)N(S(=O)(=O)C2CCNCC2)C1. The molecule has 0 bridgehead atoms. The zero-order valence-electron chi connectivity index (χ0n) is 11.7. The Morgan fingerprint density at radius 1 is 1.11 bits per heavy atom. The molecule has 5 heteroatoms. The van der Waals surface area contributed by atoms with E-state index in [9.17, 15) is 8.42 Å². The molecule has 2 fully saturated rings. The van der Waals surface area contributed by atoms with Gasteiger partial charge in [-0.05, 0) is 51.1 Å². The van der Waals surface area contributed by atoms with Crippen molar-refractivity contribution in [1.29, 1.82) is 0 Å². The van der Waals surface area contributed by atoms with Gasteiger partial charge in [-0.1, -0.05) is 13.8 Å². The van der Waals surface area contributed by atoms with E-state index >= 15 is 0 Å². The average molecular weight is 274 g/mol. The first kappa shape index (κ1) is 14.3. The molecule has 0 aliphatic carbocycles. The molecule has 3 unspecified atom stereocenters. The van der Waals surface area contributed by atoms with Gasteiger partial charge in [-0.15, -0.1) is 0 Å². The Hall–Kier alpha value is -0.130. The van der Waals surface area contributed by atoms with E-state index in [0.29, 0.717) is 18.4 Å². The first-order valence-electron chi connectivity index (χ1n) is 7.14. The van der Waals surface area contributed by atoms with Crippen LogP contribution in [-0.4, -0.2) is 43.6 Å². The molecule has 2 aliphatic heterocycles. The van der Waals surface area contributed by atoms with Crippen LogP contribution in [0.1, 0.15) is 40.0 Å². The summed E-state index contributed by atoms with van der Waals surface area (Å²) in [6.45, 7) is 8.76. The van der Waals surface area contributed by atoms with Crippen LogP contribution >= 0.6 is 0 Å². The van der Waals surface area contributed by atoms with Crippen molar-refractivity contribution in [2.75, 3.05) is 19.6 Å². The zero-order valence-corrected chi connectivity index (χ0v) is 12.5. The predicted octanol–water partition coefficient (Wildman–Crippen LogP) is 1.43. The van der Waals surface area contributed by atoms with Crippen LogP contribution in [0.25, 0.3) is 0 Å². The fourth-order valence-electron chi connectivity index (χ4n) is 3.28. The molecular formula is C13H26N2O2S. The smallest absolute Gasteiger partial charge is 0.217 e. The monoisotopic (exact) mass is 274 g/mol. The number of hydrogen-bond donors (Lipinski definition) is 1. The quantitative estimate of drug-likeness (QED) is 0.829. The van der Waals surface area contributed by atoms with Crippen molar-refractivity contribution < 1.29 is 8.42 Å². The summed E-state index contributed by atoms with van der Waals surface area (Å²) >= 11 is 0. The van der Waals surface area contributed by atoms with Crippen LogP contribution in [0.3, 0.4) is 0 Å². The lowest BCUT2D eigenvalue weighted by atomic mass is 9.88. The summed E-state index contributed by atoms with van der Waals surface area (Å²) in [4.78, 5) is 0. The number of hydrogen-bond acceptors (Lipinski definition) is 3. The van der Waals surface area contributed by atoms with Crippen LogP contribution < -0.4 is 5.32 Å². The van der Waals surface area contributed by atoms with Crippen molar-refractivity contribution in [3.05, 3.63) is 0 Å². The summed E-state index contributed by atoms with van der Waals surface area (Å²) in [7, 11) is -3.11. The van der Waals surface area contributed by atoms with Crippen molar-refractivity contribution in [3.8, 4) is 0 Å². The van der Waals surface area contributed by atoms with Crippen molar-refractivity contribution in [2.45, 2.75) is 51.3 Å². The maximum atomic E-state index is 12.7. The van der Waals surface area contributed by atoms with E-state index in [1.54, 1.807) is 4.31 Å². The molecule has 0 aromatic carbocycles. The molecule has 2 heterocycles. The van der Waals surface area contributed by atoms with Gasteiger partial charge in [0.05, 0.1) is 5.25 Å². The third-order valence-electron chi connectivity index (χ3n) is 4.58. The van der Waals surface area contributed by atoms with Gasteiger partial charge in [0.2, 0.25) is 10.0 Å². The fraction of sp³-hybridized carbons (Fsp3) is 1.00. The molecule has 2 rings (SSSR count). The number of rotatable bonds is 2. The van der Waals surface area contributed by atoms with E-state index < -0.39 is 10.0 Å². The second kappa shape index (κ2) is 5.47. The number of piperidine rings is 2. The predicted molar refractivity (Wildman–Crippen MR) is 73.9 cm³/mol. The van der Waals surface area contributed by atoms with Crippen molar-refractivity contribution in [1.82, 2.24) is 9.62 Å². The lowest BCUT2D eigenvalue weighted by Gasteiger charge is -2.42. The number of nitrogens with zero attached hydrogens (tertiary/aromatic N) is 1.